The van der Waals surface area contributed by atoms with E-state index in [2.05, 4.69) is 38.2 Å². The summed E-state index contributed by atoms with van der Waals surface area (Å²) in [6.07, 6.45) is 2.35. The third kappa shape index (κ3) is 2.89. The fraction of sp³-hybridized carbons (Fsp3) is 0.786. The van der Waals surface area contributed by atoms with Gasteiger partial charge in [0.2, 0.25) is 0 Å². The first-order valence-corrected chi connectivity index (χ1v) is 6.76. The predicted molar refractivity (Wildman–Crippen MR) is 68.9 cm³/mol. The lowest BCUT2D eigenvalue weighted by Crippen LogP contribution is -2.21. The van der Waals surface area contributed by atoms with Gasteiger partial charge in [0.25, 0.3) is 0 Å². The highest BCUT2D eigenvalue weighted by Gasteiger charge is 2.28. The number of aromatic nitrogens is 1. The Morgan fingerprint density at radius 1 is 1.41 bits per heavy atom. The molecule has 1 aliphatic carbocycles. The van der Waals surface area contributed by atoms with Crippen LogP contribution in [0.25, 0.3) is 0 Å². The highest BCUT2D eigenvalue weighted by atomic mass is 16.5. The summed E-state index contributed by atoms with van der Waals surface area (Å²) >= 11 is 0. The minimum absolute atomic E-state index is 0.528. The number of hydrogen-bond donors (Lipinski definition) is 1. The molecule has 3 nitrogen and oxygen atoms in total. The molecule has 17 heavy (non-hydrogen) atoms. The molecule has 1 aromatic rings. The molecule has 0 saturated heterocycles. The van der Waals surface area contributed by atoms with Crippen LogP contribution < -0.4 is 5.32 Å². The van der Waals surface area contributed by atoms with E-state index >= 15 is 0 Å². The molecule has 2 rings (SSSR count). The number of rotatable bonds is 4. The molecule has 2 unspecified atom stereocenters. The van der Waals surface area contributed by atoms with Crippen molar-refractivity contribution >= 4 is 0 Å². The number of fused-ring (bicyclic) bond motifs is 1. The average molecular weight is 236 g/mol. The molecule has 1 N–H and O–H groups in total. The van der Waals surface area contributed by atoms with Crippen LogP contribution in [0.15, 0.2) is 4.52 Å². The average Bonchev–Trinajstić information content (AvgIpc) is 2.61. The lowest BCUT2D eigenvalue weighted by atomic mass is 9.82. The largest absolute Gasteiger partial charge is 0.361 e. The van der Waals surface area contributed by atoms with E-state index in [1.807, 2.05) is 0 Å². The van der Waals surface area contributed by atoms with Crippen molar-refractivity contribution in [3.63, 3.8) is 0 Å². The van der Waals surface area contributed by atoms with Gasteiger partial charge in [-0.2, -0.15) is 0 Å². The first kappa shape index (κ1) is 12.6. The van der Waals surface area contributed by atoms with Crippen LogP contribution >= 0.6 is 0 Å². The van der Waals surface area contributed by atoms with Crippen molar-refractivity contribution in [2.75, 3.05) is 6.54 Å². The monoisotopic (exact) mass is 236 g/mol. The molecule has 1 aromatic heterocycles. The van der Waals surface area contributed by atoms with Gasteiger partial charge in [-0.1, -0.05) is 32.9 Å². The molecular formula is C14H24N2O. The van der Waals surface area contributed by atoms with E-state index in [0.29, 0.717) is 11.8 Å². The molecule has 96 valence electrons. The lowest BCUT2D eigenvalue weighted by Gasteiger charge is -2.22. The van der Waals surface area contributed by atoms with Crippen LogP contribution in [0, 0.1) is 11.8 Å². The van der Waals surface area contributed by atoms with E-state index in [1.165, 1.54) is 12.0 Å². The van der Waals surface area contributed by atoms with Crippen molar-refractivity contribution in [3.8, 4) is 0 Å². The van der Waals surface area contributed by atoms with Crippen molar-refractivity contribution in [2.24, 2.45) is 11.8 Å². The predicted octanol–water partition coefficient (Wildman–Crippen LogP) is 3.11. The molecule has 0 spiro atoms. The Kier molecular flexibility index (Phi) is 3.87. The van der Waals surface area contributed by atoms with Crippen LogP contribution in [0.2, 0.25) is 0 Å². The number of hydrogen-bond acceptors (Lipinski definition) is 3. The fourth-order valence-electron chi connectivity index (χ4n) is 2.72. The topological polar surface area (TPSA) is 38.1 Å². The van der Waals surface area contributed by atoms with Gasteiger partial charge in [-0.05, 0) is 31.2 Å². The second-order valence-corrected chi connectivity index (χ2v) is 5.94. The van der Waals surface area contributed by atoms with Crippen LogP contribution in [0.4, 0.5) is 0 Å². The summed E-state index contributed by atoms with van der Waals surface area (Å²) < 4.78 is 5.52. The van der Waals surface area contributed by atoms with E-state index in [4.69, 9.17) is 4.52 Å². The summed E-state index contributed by atoms with van der Waals surface area (Å²) in [5.41, 5.74) is 2.49. The van der Waals surface area contributed by atoms with Crippen molar-refractivity contribution in [1.29, 1.82) is 0 Å². The summed E-state index contributed by atoms with van der Waals surface area (Å²) in [5.74, 6) is 3.08. The lowest BCUT2D eigenvalue weighted by molar-refractivity contribution is 0.323. The van der Waals surface area contributed by atoms with Gasteiger partial charge in [0.1, 0.15) is 11.5 Å². The molecule has 3 heteroatoms. The molecule has 2 atom stereocenters. The van der Waals surface area contributed by atoms with Crippen LogP contribution in [0.3, 0.4) is 0 Å². The Balaban J connectivity index is 2.04. The maximum Gasteiger partial charge on any atom is 0.143 e. The normalized spacial score (nSPS) is 24.1. The van der Waals surface area contributed by atoms with Crippen molar-refractivity contribution in [3.05, 3.63) is 17.0 Å². The van der Waals surface area contributed by atoms with E-state index in [9.17, 15) is 0 Å². The Labute approximate surface area is 104 Å². The minimum atomic E-state index is 0.528. The molecular weight excluding hydrogens is 212 g/mol. The van der Waals surface area contributed by atoms with Crippen LogP contribution in [-0.4, -0.2) is 11.7 Å². The maximum atomic E-state index is 5.52. The van der Waals surface area contributed by atoms with Crippen LogP contribution in [-0.2, 0) is 13.0 Å². The highest BCUT2D eigenvalue weighted by Crippen LogP contribution is 2.35. The molecule has 0 fully saturated rings. The zero-order chi connectivity index (χ0) is 12.4. The molecule has 0 aromatic carbocycles. The van der Waals surface area contributed by atoms with Gasteiger partial charge in [-0.3, -0.25) is 0 Å². The summed E-state index contributed by atoms with van der Waals surface area (Å²) in [6, 6.07) is 0. The smallest absolute Gasteiger partial charge is 0.143 e. The minimum Gasteiger partial charge on any atom is -0.361 e. The van der Waals surface area contributed by atoms with Crippen molar-refractivity contribution in [2.45, 2.75) is 53.0 Å². The fourth-order valence-corrected chi connectivity index (χ4v) is 2.72. The van der Waals surface area contributed by atoms with E-state index in [0.717, 1.165) is 36.9 Å². The second-order valence-electron chi connectivity index (χ2n) is 5.94. The van der Waals surface area contributed by atoms with Crippen molar-refractivity contribution < 1.29 is 4.52 Å². The SMILES string of the molecule is CC(C)CNCc1noc2c1CC(C)CC2C. The van der Waals surface area contributed by atoms with Gasteiger partial charge in [0.15, 0.2) is 0 Å². The third-order valence-corrected chi connectivity index (χ3v) is 3.50. The highest BCUT2D eigenvalue weighted by molar-refractivity contribution is 5.28. The molecule has 0 amide bonds. The summed E-state index contributed by atoms with van der Waals surface area (Å²) in [7, 11) is 0. The molecule has 0 bridgehead atoms. The zero-order valence-electron chi connectivity index (χ0n) is 11.4. The maximum absolute atomic E-state index is 5.52. The van der Waals surface area contributed by atoms with Gasteiger partial charge in [0, 0.05) is 18.0 Å². The Hall–Kier alpha value is -0.830. The number of nitrogens with one attached hydrogen (secondary N) is 1. The van der Waals surface area contributed by atoms with Gasteiger partial charge in [0.05, 0.1) is 0 Å². The van der Waals surface area contributed by atoms with Crippen LogP contribution in [0.5, 0.6) is 0 Å². The Bertz CT molecular complexity index is 370. The summed E-state index contributed by atoms with van der Waals surface area (Å²) in [5, 5.41) is 7.69. The summed E-state index contributed by atoms with van der Waals surface area (Å²) in [4.78, 5) is 0. The standard InChI is InChI=1S/C14H24N2O/c1-9(2)7-15-8-13-12-6-10(3)5-11(4)14(12)17-16-13/h9-11,15H,5-8H2,1-4H3. The van der Waals surface area contributed by atoms with Crippen molar-refractivity contribution in [1.82, 2.24) is 10.5 Å². The van der Waals surface area contributed by atoms with Gasteiger partial charge >= 0.3 is 0 Å². The van der Waals surface area contributed by atoms with Gasteiger partial charge < -0.3 is 9.84 Å². The molecule has 0 saturated carbocycles. The first-order valence-electron chi connectivity index (χ1n) is 6.76. The quantitative estimate of drug-likeness (QED) is 0.873. The molecule has 1 heterocycles. The number of nitrogens with zero attached hydrogens (tertiary/aromatic N) is 1. The zero-order valence-corrected chi connectivity index (χ0v) is 11.4. The molecule has 1 aliphatic rings. The Morgan fingerprint density at radius 2 is 2.18 bits per heavy atom. The van der Waals surface area contributed by atoms with Gasteiger partial charge in [-0.15, -0.1) is 0 Å². The van der Waals surface area contributed by atoms with Gasteiger partial charge in [-0.25, -0.2) is 0 Å². The molecule has 0 aliphatic heterocycles. The van der Waals surface area contributed by atoms with E-state index < -0.39 is 0 Å². The first-order chi connectivity index (χ1) is 8.08. The Morgan fingerprint density at radius 3 is 2.88 bits per heavy atom. The van der Waals surface area contributed by atoms with Crippen LogP contribution in [0.1, 0.15) is 57.1 Å². The van der Waals surface area contributed by atoms with E-state index in [1.54, 1.807) is 0 Å². The summed E-state index contributed by atoms with van der Waals surface area (Å²) in [6.45, 7) is 10.9. The molecule has 0 radical (unpaired) electrons. The second kappa shape index (κ2) is 5.21. The third-order valence-electron chi connectivity index (χ3n) is 3.50. The van der Waals surface area contributed by atoms with E-state index in [-0.39, 0.29) is 0 Å².